The summed E-state index contributed by atoms with van der Waals surface area (Å²) in [6.45, 7) is 16.0. The fourth-order valence-corrected chi connectivity index (χ4v) is 0.385. The van der Waals surface area contributed by atoms with E-state index >= 15 is 0 Å². The van der Waals surface area contributed by atoms with Crippen molar-refractivity contribution < 1.29 is 8.42 Å². The van der Waals surface area contributed by atoms with Crippen molar-refractivity contribution in [1.29, 1.82) is 0 Å². The third-order valence-corrected chi connectivity index (χ3v) is 2.66. The van der Waals surface area contributed by atoms with Crippen molar-refractivity contribution in [3.8, 4) is 0 Å². The van der Waals surface area contributed by atoms with Gasteiger partial charge in [-0.1, -0.05) is 91.8 Å². The summed E-state index contributed by atoms with van der Waals surface area (Å²) in [5.74, 6) is 0. The van der Waals surface area contributed by atoms with Gasteiger partial charge in [-0.3, -0.25) is 0 Å². The predicted molar refractivity (Wildman–Crippen MR) is 100 cm³/mol. The van der Waals surface area contributed by atoms with Crippen LogP contribution in [0.3, 0.4) is 0 Å². The summed E-state index contributed by atoms with van der Waals surface area (Å²) in [4.78, 5) is 0. The molecule has 0 saturated heterocycles. The molecular weight excluding hydrogens is 282 g/mol. The second kappa shape index (κ2) is 31.5. The minimum Gasteiger partial charge on any atom is -0.213 e. The Bertz CT molecular complexity index is 282. The zero-order valence-corrected chi connectivity index (χ0v) is 17.0. The van der Waals surface area contributed by atoms with Gasteiger partial charge in [-0.05, 0) is 0 Å². The Hall–Kier alpha value is -0.870. The molecule has 0 atom stereocenters. The molecule has 0 N–H and O–H groups in total. The summed E-state index contributed by atoms with van der Waals surface area (Å²) in [5, 5.41) is 0. The predicted octanol–water partition coefficient (Wildman–Crippen LogP) is 5.30. The molecule has 1 rings (SSSR count). The van der Waals surface area contributed by atoms with Gasteiger partial charge in [0.05, 0.1) is 6.26 Å². The van der Waals surface area contributed by atoms with E-state index in [0.717, 1.165) is 10.6 Å². The lowest BCUT2D eigenvalue weighted by Gasteiger charge is -2.02. The zero-order chi connectivity index (χ0) is 18.3. The molecule has 0 fully saturated rings. The molecule has 0 saturated carbocycles. The maximum Gasteiger partial charge on any atom is 0.210 e. The summed E-state index contributed by atoms with van der Waals surface area (Å²) < 4.78 is 21.7. The van der Waals surface area contributed by atoms with E-state index in [9.17, 15) is 8.42 Å². The first-order chi connectivity index (χ1) is 9.94. The lowest BCUT2D eigenvalue weighted by Crippen LogP contribution is -2.19. The summed E-state index contributed by atoms with van der Waals surface area (Å²) >= 11 is 0. The largest absolute Gasteiger partial charge is 0.213 e. The molecule has 1 aromatic rings. The van der Waals surface area contributed by atoms with Crippen LogP contribution in [0.15, 0.2) is 36.4 Å². The average Bonchev–Trinajstić information content (AvgIpc) is 2.56. The van der Waals surface area contributed by atoms with Crippen molar-refractivity contribution in [3.05, 3.63) is 36.4 Å². The second-order valence-corrected chi connectivity index (χ2v) is 4.90. The summed E-state index contributed by atoms with van der Waals surface area (Å²) in [7, 11) is 0.0833. The molecule has 130 valence electrons. The van der Waals surface area contributed by atoms with E-state index in [4.69, 9.17) is 0 Å². The van der Waals surface area contributed by atoms with Crippen LogP contribution in [0.4, 0.5) is 0 Å². The molecule has 0 aliphatic rings. The van der Waals surface area contributed by atoms with E-state index in [1.54, 1.807) is 0 Å². The smallest absolute Gasteiger partial charge is 0.210 e. The normalized spacial score (nSPS) is 7.62. The van der Waals surface area contributed by atoms with Crippen LogP contribution in [0.5, 0.6) is 0 Å². The van der Waals surface area contributed by atoms with Gasteiger partial charge in [0.2, 0.25) is 10.0 Å². The number of hydrogen-bond donors (Lipinski definition) is 0. The van der Waals surface area contributed by atoms with Crippen LogP contribution in [0.1, 0.15) is 55.4 Å². The van der Waals surface area contributed by atoms with E-state index in [-0.39, 0.29) is 0 Å². The molecule has 0 aliphatic heterocycles. The van der Waals surface area contributed by atoms with Crippen LogP contribution in [0, 0.1) is 0 Å². The number of nitrogens with zero attached hydrogens (tertiary/aromatic N) is 1. The van der Waals surface area contributed by atoms with Crippen molar-refractivity contribution in [2.45, 2.75) is 55.4 Å². The molecular formula is C17H39NO2S. The Balaban J connectivity index is -0.0000000554. The summed E-state index contributed by atoms with van der Waals surface area (Å²) in [6, 6.07) is 12.0. The van der Waals surface area contributed by atoms with Crippen LogP contribution < -0.4 is 0 Å². The second-order valence-electron chi connectivity index (χ2n) is 2.70. The molecule has 0 bridgehead atoms. The minimum absolute atomic E-state index is 1.16. The van der Waals surface area contributed by atoms with Gasteiger partial charge in [-0.2, -0.15) is 0 Å². The average molecular weight is 322 g/mol. The molecule has 0 aromatic heterocycles. The lowest BCUT2D eigenvalue weighted by molar-refractivity contribution is 0.527. The van der Waals surface area contributed by atoms with Gasteiger partial charge in [-0.25, -0.2) is 12.7 Å². The zero-order valence-electron chi connectivity index (χ0n) is 16.1. The van der Waals surface area contributed by atoms with Gasteiger partial charge in [0.15, 0.2) is 0 Å². The van der Waals surface area contributed by atoms with Crippen molar-refractivity contribution in [3.63, 3.8) is 0 Å². The molecule has 0 spiro atoms. The first-order valence-electron chi connectivity index (χ1n) is 7.82. The van der Waals surface area contributed by atoms with Crippen LogP contribution in [-0.2, 0) is 10.0 Å². The third kappa shape index (κ3) is 45.3. The topological polar surface area (TPSA) is 37.4 Å². The molecule has 0 radical (unpaired) electrons. The molecule has 0 unspecified atom stereocenters. The number of sulfonamides is 1. The van der Waals surface area contributed by atoms with Gasteiger partial charge >= 0.3 is 0 Å². The number of hydrogen-bond acceptors (Lipinski definition) is 2. The van der Waals surface area contributed by atoms with Crippen molar-refractivity contribution >= 4 is 10.0 Å². The Morgan fingerprint density at radius 3 is 0.714 bits per heavy atom. The van der Waals surface area contributed by atoms with E-state index in [1.165, 1.54) is 14.1 Å². The minimum atomic E-state index is -2.91. The maximum absolute atomic E-state index is 10.3. The van der Waals surface area contributed by atoms with Crippen LogP contribution in [0.25, 0.3) is 0 Å². The Morgan fingerprint density at radius 2 is 0.667 bits per heavy atom. The first-order valence-corrected chi connectivity index (χ1v) is 9.67. The molecule has 0 aliphatic carbocycles. The van der Waals surface area contributed by atoms with Gasteiger partial charge in [0.25, 0.3) is 0 Å². The Labute approximate surface area is 135 Å². The SMILES string of the molecule is CC.CC.CC.CC.CN(C)S(C)(=O)=O.c1ccccc1. The van der Waals surface area contributed by atoms with Crippen molar-refractivity contribution in [2.24, 2.45) is 0 Å². The highest BCUT2D eigenvalue weighted by atomic mass is 32.2. The van der Waals surface area contributed by atoms with E-state index in [2.05, 4.69) is 0 Å². The van der Waals surface area contributed by atoms with Gasteiger partial charge in [0, 0.05) is 14.1 Å². The third-order valence-electron chi connectivity index (χ3n) is 1.33. The van der Waals surface area contributed by atoms with E-state index in [0.29, 0.717) is 0 Å². The molecule has 0 heterocycles. The molecule has 21 heavy (non-hydrogen) atoms. The fraction of sp³-hybridized carbons (Fsp3) is 0.647. The highest BCUT2D eigenvalue weighted by Gasteiger charge is 2.00. The van der Waals surface area contributed by atoms with Gasteiger partial charge in [0.1, 0.15) is 0 Å². The van der Waals surface area contributed by atoms with Crippen LogP contribution in [-0.4, -0.2) is 33.1 Å². The first kappa shape index (κ1) is 32.2. The lowest BCUT2D eigenvalue weighted by atomic mass is 10.4. The number of rotatable bonds is 1. The summed E-state index contributed by atoms with van der Waals surface area (Å²) in [6.07, 6.45) is 1.16. The molecule has 4 heteroatoms. The van der Waals surface area contributed by atoms with Crippen molar-refractivity contribution in [1.82, 2.24) is 4.31 Å². The van der Waals surface area contributed by atoms with Crippen molar-refractivity contribution in [2.75, 3.05) is 20.4 Å². The van der Waals surface area contributed by atoms with Gasteiger partial charge < -0.3 is 0 Å². The standard InChI is InChI=1S/C6H6.C3H9NO2S.4C2H6/c1-2-4-6-5-3-1;1-4(2)7(3,5)6;4*1-2/h1-6H;1-3H3;4*1-2H3. The van der Waals surface area contributed by atoms with Crippen LogP contribution >= 0.6 is 0 Å². The van der Waals surface area contributed by atoms with Gasteiger partial charge in [-0.15, -0.1) is 0 Å². The Kier molecular flexibility index (Phi) is 48.3. The maximum atomic E-state index is 10.3. The van der Waals surface area contributed by atoms with E-state index < -0.39 is 10.0 Å². The molecule has 1 aromatic carbocycles. The Morgan fingerprint density at radius 1 is 0.571 bits per heavy atom. The van der Waals surface area contributed by atoms with E-state index in [1.807, 2.05) is 91.8 Å². The highest BCUT2D eigenvalue weighted by Crippen LogP contribution is 1.83. The number of benzene rings is 1. The van der Waals surface area contributed by atoms with Crippen LogP contribution in [0.2, 0.25) is 0 Å². The molecule has 3 nitrogen and oxygen atoms in total. The monoisotopic (exact) mass is 321 g/mol. The fourth-order valence-electron chi connectivity index (χ4n) is 0.385. The highest BCUT2D eigenvalue weighted by molar-refractivity contribution is 7.88. The molecule has 0 amide bonds. The quantitative estimate of drug-likeness (QED) is 0.704. The summed E-state index contributed by atoms with van der Waals surface area (Å²) in [5.41, 5.74) is 0.